The highest BCUT2D eigenvalue weighted by Crippen LogP contribution is 2.32. The van der Waals surface area contributed by atoms with Crippen LogP contribution >= 0.6 is 23.2 Å². The fraction of sp³-hybridized carbons (Fsp3) is 0.478. The van der Waals surface area contributed by atoms with Crippen LogP contribution in [0.25, 0.3) is 44.8 Å². The number of H-pyrrole nitrogens is 2. The molecule has 0 aromatic carbocycles. The maximum Gasteiger partial charge on any atom is 0.240 e. The van der Waals surface area contributed by atoms with Crippen LogP contribution in [0.5, 0.6) is 0 Å². The highest BCUT2D eigenvalue weighted by molar-refractivity contribution is 6.31. The van der Waals surface area contributed by atoms with Crippen LogP contribution in [0.1, 0.15) is 66.2 Å². The van der Waals surface area contributed by atoms with Crippen molar-refractivity contribution in [3.8, 4) is 22.8 Å². The fourth-order valence-electron chi connectivity index (χ4n) is 8.47. The molecule has 1 saturated carbocycles. The molecule has 8 heterocycles. The highest BCUT2D eigenvalue weighted by Gasteiger charge is 2.40. The zero-order valence-electron chi connectivity index (χ0n) is 38.2. The summed E-state index contributed by atoms with van der Waals surface area (Å²) in [6, 6.07) is 3.76. The van der Waals surface area contributed by atoms with Crippen molar-refractivity contribution >= 4 is 68.7 Å². The Hall–Kier alpha value is -5.60. The number of nitrogens with one attached hydrogen (secondary N) is 6. The van der Waals surface area contributed by atoms with E-state index in [2.05, 4.69) is 70.9 Å². The topological polar surface area (TPSA) is 207 Å². The molecule has 1 aliphatic carbocycles. The standard InChI is InChI=1S/C23H29ClFN7O2.C23H27ClFN7O/c1-23(2,22(33)26-6-8-34-3)32-7-4-5-15(13-32)30-21-18(25)12-29-20(31-21)17-11-28-19-16(17)9-14(24)10-27-19;1-23(2,22(33)30-14-5-6-14)32-7-3-4-15(12-32)29-21-18(25)11-28-20(31-21)17-10-27-19-16(17)8-13(24)9-26-19/h9-12,15H,4-8,13H2,1-3H3,(H,26,33)(H,27,28)(H,29,30,31);8-11,14-15H,3-7,12H2,1-2H3,(H,26,27)(H,30,33)(H,28,29,31). The van der Waals surface area contributed by atoms with E-state index >= 15 is 0 Å². The van der Waals surface area contributed by atoms with Gasteiger partial charge in [0, 0.05) is 91.6 Å². The third-order valence-electron chi connectivity index (χ3n) is 12.7. The molecular formula is C46H56Cl2F2N14O3. The Morgan fingerprint density at radius 2 is 1.19 bits per heavy atom. The maximum absolute atomic E-state index is 14.7. The first-order valence-corrected chi connectivity index (χ1v) is 23.3. The molecule has 0 spiro atoms. The number of fused-ring (bicyclic) bond motifs is 2. The van der Waals surface area contributed by atoms with Gasteiger partial charge in [-0.25, -0.2) is 38.7 Å². The van der Waals surface area contributed by atoms with Crippen molar-refractivity contribution in [1.82, 2.24) is 60.3 Å². The molecule has 2 aliphatic heterocycles. The smallest absolute Gasteiger partial charge is 0.240 e. The minimum atomic E-state index is -0.709. The van der Waals surface area contributed by atoms with Crippen molar-refractivity contribution in [1.29, 1.82) is 0 Å². The Kier molecular flexibility index (Phi) is 14.5. The van der Waals surface area contributed by atoms with Gasteiger partial charge in [0.05, 0.1) is 40.1 Å². The van der Waals surface area contributed by atoms with E-state index < -0.39 is 22.7 Å². The molecule has 0 radical (unpaired) electrons. The molecule has 2 amide bonds. The predicted molar refractivity (Wildman–Crippen MR) is 255 cm³/mol. The van der Waals surface area contributed by atoms with E-state index in [4.69, 9.17) is 27.9 Å². The molecular weight excluding hydrogens is 906 g/mol. The van der Waals surface area contributed by atoms with Crippen molar-refractivity contribution in [2.24, 2.45) is 0 Å². The first-order chi connectivity index (χ1) is 32.1. The number of hydrogen-bond donors (Lipinski definition) is 6. The maximum atomic E-state index is 14.7. The molecule has 17 nitrogen and oxygen atoms in total. The predicted octanol–water partition coefficient (Wildman–Crippen LogP) is 6.98. The van der Waals surface area contributed by atoms with E-state index in [-0.39, 0.29) is 35.5 Å². The van der Waals surface area contributed by atoms with Crippen LogP contribution in [0, 0.1) is 11.6 Å². The molecule has 6 aromatic heterocycles. The lowest BCUT2D eigenvalue weighted by Gasteiger charge is -2.42. The average Bonchev–Trinajstić information content (AvgIpc) is 3.88. The van der Waals surface area contributed by atoms with Crippen LogP contribution in [0.4, 0.5) is 20.4 Å². The summed E-state index contributed by atoms with van der Waals surface area (Å²) in [5, 5.41) is 15.0. The minimum absolute atomic E-state index is 0.0388. The summed E-state index contributed by atoms with van der Waals surface area (Å²) in [6.07, 6.45) is 14.5. The second-order valence-electron chi connectivity index (χ2n) is 18.3. The van der Waals surface area contributed by atoms with Crippen molar-refractivity contribution in [3.63, 3.8) is 0 Å². The largest absolute Gasteiger partial charge is 0.383 e. The summed E-state index contributed by atoms with van der Waals surface area (Å²) >= 11 is 12.2. The van der Waals surface area contributed by atoms with Gasteiger partial charge in [0.15, 0.2) is 34.9 Å². The van der Waals surface area contributed by atoms with Gasteiger partial charge in [-0.05, 0) is 91.4 Å². The molecule has 6 aromatic rings. The van der Waals surface area contributed by atoms with Crippen molar-refractivity contribution < 1.29 is 23.1 Å². The van der Waals surface area contributed by atoms with Gasteiger partial charge in [-0.3, -0.25) is 19.4 Å². The Balaban J connectivity index is 0.000000182. The molecule has 0 bridgehead atoms. The van der Waals surface area contributed by atoms with Crippen molar-refractivity contribution in [2.75, 3.05) is 57.1 Å². The van der Waals surface area contributed by atoms with Gasteiger partial charge in [0.1, 0.15) is 11.3 Å². The number of carbonyl (C=O) groups excluding carboxylic acids is 2. The van der Waals surface area contributed by atoms with Crippen LogP contribution in [-0.4, -0.2) is 137 Å². The van der Waals surface area contributed by atoms with Crippen LogP contribution in [0.15, 0.2) is 49.3 Å². The second kappa shape index (κ2) is 20.3. The summed E-state index contributed by atoms with van der Waals surface area (Å²) in [6.45, 7) is 11.4. The first kappa shape index (κ1) is 47.9. The molecule has 3 aliphatic rings. The molecule has 356 valence electrons. The molecule has 9 rings (SSSR count). The Bertz CT molecular complexity index is 2730. The van der Waals surface area contributed by atoms with Crippen molar-refractivity contribution in [3.05, 3.63) is 71.0 Å². The molecule has 21 heteroatoms. The van der Waals surface area contributed by atoms with Gasteiger partial charge in [0.25, 0.3) is 0 Å². The summed E-state index contributed by atoms with van der Waals surface area (Å²) in [4.78, 5) is 61.7. The fourth-order valence-corrected chi connectivity index (χ4v) is 8.79. The summed E-state index contributed by atoms with van der Waals surface area (Å²) in [5.74, 6) is -0.0400. The third-order valence-corrected chi connectivity index (χ3v) is 13.1. The normalized spacial score (nSPS) is 18.3. The Morgan fingerprint density at radius 1 is 0.716 bits per heavy atom. The van der Waals surface area contributed by atoms with Gasteiger partial charge in [-0.1, -0.05) is 23.2 Å². The molecule has 2 atom stereocenters. The molecule has 2 saturated heterocycles. The number of likely N-dealkylation sites (tertiary alicyclic amines) is 2. The number of carbonyl (C=O) groups is 2. The number of methoxy groups -OCH3 is 1. The number of halogens is 4. The number of pyridine rings is 2. The van der Waals surface area contributed by atoms with E-state index in [1.807, 2.05) is 27.7 Å². The number of aromatic nitrogens is 8. The van der Waals surface area contributed by atoms with E-state index in [0.29, 0.717) is 76.4 Å². The van der Waals surface area contributed by atoms with Crippen molar-refractivity contribution in [2.45, 2.75) is 95.4 Å². The van der Waals surface area contributed by atoms with Gasteiger partial charge in [0.2, 0.25) is 11.8 Å². The molecule has 2 unspecified atom stereocenters. The quantitative estimate of drug-likeness (QED) is 0.0611. The van der Waals surface area contributed by atoms with Crippen LogP contribution in [-0.2, 0) is 14.3 Å². The zero-order valence-corrected chi connectivity index (χ0v) is 39.7. The zero-order chi connectivity index (χ0) is 47.5. The first-order valence-electron chi connectivity index (χ1n) is 22.5. The number of anilines is 2. The lowest BCUT2D eigenvalue weighted by Crippen LogP contribution is -2.59. The van der Waals surface area contributed by atoms with Gasteiger partial charge in [-0.2, -0.15) is 0 Å². The number of nitrogens with zero attached hydrogens (tertiary/aromatic N) is 8. The van der Waals surface area contributed by atoms with E-state index in [1.165, 1.54) is 6.20 Å². The third kappa shape index (κ3) is 11.1. The van der Waals surface area contributed by atoms with Gasteiger partial charge in [-0.15, -0.1) is 0 Å². The van der Waals surface area contributed by atoms with E-state index in [9.17, 15) is 18.4 Å². The Labute approximate surface area is 397 Å². The monoisotopic (exact) mass is 960 g/mol. The number of rotatable bonds is 14. The molecule has 67 heavy (non-hydrogen) atoms. The number of amides is 2. The lowest BCUT2D eigenvalue weighted by atomic mass is 9.95. The lowest BCUT2D eigenvalue weighted by molar-refractivity contribution is -0.133. The van der Waals surface area contributed by atoms with Crippen LogP contribution in [0.2, 0.25) is 10.0 Å². The number of ether oxygens (including phenoxy) is 1. The summed E-state index contributed by atoms with van der Waals surface area (Å²) in [7, 11) is 1.60. The Morgan fingerprint density at radius 3 is 1.66 bits per heavy atom. The molecule has 3 fully saturated rings. The summed E-state index contributed by atoms with van der Waals surface area (Å²) in [5.41, 5.74) is 1.36. The van der Waals surface area contributed by atoms with Crippen LogP contribution < -0.4 is 21.3 Å². The minimum Gasteiger partial charge on any atom is -0.383 e. The number of hydrogen-bond acceptors (Lipinski definition) is 13. The van der Waals surface area contributed by atoms with Crippen LogP contribution in [0.3, 0.4) is 0 Å². The van der Waals surface area contributed by atoms with Gasteiger partial charge >= 0.3 is 0 Å². The van der Waals surface area contributed by atoms with E-state index in [1.54, 1.807) is 44.0 Å². The number of aromatic amines is 2. The molecule has 6 N–H and O–H groups in total. The number of piperidine rings is 2. The van der Waals surface area contributed by atoms with Gasteiger partial charge < -0.3 is 36.0 Å². The second-order valence-corrected chi connectivity index (χ2v) is 19.1. The van der Waals surface area contributed by atoms with E-state index in [0.717, 1.165) is 68.6 Å². The summed E-state index contributed by atoms with van der Waals surface area (Å²) < 4.78 is 34.3. The SMILES string of the molecule is CC(C)(C(=O)NC1CC1)N1CCCC(Nc2nc(-c3c[nH]c4ncc(Cl)cc34)ncc2F)C1.COCCNC(=O)C(C)(C)N1CCCC(Nc2nc(-c3c[nH]c4ncc(Cl)cc34)ncc2F)C1. The highest BCUT2D eigenvalue weighted by atomic mass is 35.5. The average molecular weight is 962 g/mol.